The fourth-order valence-corrected chi connectivity index (χ4v) is 3.67. The van der Waals surface area contributed by atoms with Crippen molar-refractivity contribution in [3.8, 4) is 0 Å². The molecule has 2 aromatic carbocycles. The second-order valence-corrected chi connectivity index (χ2v) is 6.84. The highest BCUT2D eigenvalue weighted by molar-refractivity contribution is 14.1. The number of hydrogen-bond acceptors (Lipinski definition) is 1. The lowest BCUT2D eigenvalue weighted by atomic mass is 10.0. The van der Waals surface area contributed by atoms with Crippen LogP contribution in [-0.4, -0.2) is 17.4 Å². The average molecular weight is 412 g/mol. The minimum absolute atomic E-state index is 0.0871. The van der Waals surface area contributed by atoms with Gasteiger partial charge in [0.05, 0.1) is 6.04 Å². The molecular weight excluding hydrogens is 397 g/mol. The van der Waals surface area contributed by atoms with Crippen molar-refractivity contribution < 1.29 is 4.79 Å². The van der Waals surface area contributed by atoms with Crippen LogP contribution in [-0.2, 0) is 0 Å². The Morgan fingerprint density at radius 2 is 2.00 bits per heavy atom. The SMILES string of the molecule is O=C(c1cccc(I)c1)N1CCCC1c1ccccc1Cl. The maximum absolute atomic E-state index is 12.8. The Labute approximate surface area is 143 Å². The number of benzene rings is 2. The van der Waals surface area contributed by atoms with Crippen LogP contribution in [0, 0.1) is 3.57 Å². The molecule has 1 atom stereocenters. The van der Waals surface area contributed by atoms with E-state index in [2.05, 4.69) is 22.6 Å². The van der Waals surface area contributed by atoms with Crippen molar-refractivity contribution in [1.82, 2.24) is 4.90 Å². The van der Waals surface area contributed by atoms with Crippen LogP contribution in [0.25, 0.3) is 0 Å². The first-order valence-corrected chi connectivity index (χ1v) is 8.43. The molecule has 0 aromatic heterocycles. The Bertz CT molecular complexity index is 673. The smallest absolute Gasteiger partial charge is 0.254 e. The van der Waals surface area contributed by atoms with Crippen molar-refractivity contribution >= 4 is 40.1 Å². The molecule has 0 N–H and O–H groups in total. The highest BCUT2D eigenvalue weighted by atomic mass is 127. The van der Waals surface area contributed by atoms with Gasteiger partial charge in [-0.3, -0.25) is 4.79 Å². The van der Waals surface area contributed by atoms with Crippen molar-refractivity contribution in [1.29, 1.82) is 0 Å². The maximum atomic E-state index is 12.8. The van der Waals surface area contributed by atoms with Crippen molar-refractivity contribution in [2.75, 3.05) is 6.54 Å². The number of carbonyl (C=O) groups excluding carboxylic acids is 1. The highest BCUT2D eigenvalue weighted by Crippen LogP contribution is 2.36. The molecule has 108 valence electrons. The second kappa shape index (κ2) is 6.36. The van der Waals surface area contributed by atoms with E-state index in [-0.39, 0.29) is 11.9 Å². The Balaban J connectivity index is 1.91. The van der Waals surface area contributed by atoms with E-state index in [1.807, 2.05) is 53.4 Å². The van der Waals surface area contributed by atoms with Gasteiger partial charge in [0, 0.05) is 20.7 Å². The number of nitrogens with zero attached hydrogens (tertiary/aromatic N) is 1. The second-order valence-electron chi connectivity index (χ2n) is 5.19. The Morgan fingerprint density at radius 3 is 2.76 bits per heavy atom. The molecule has 2 aromatic rings. The van der Waals surface area contributed by atoms with Crippen molar-refractivity contribution in [2.24, 2.45) is 0 Å². The fraction of sp³-hybridized carbons (Fsp3) is 0.235. The molecule has 1 fully saturated rings. The van der Waals surface area contributed by atoms with Gasteiger partial charge in [-0.1, -0.05) is 35.9 Å². The van der Waals surface area contributed by atoms with Crippen molar-refractivity contribution in [2.45, 2.75) is 18.9 Å². The third-order valence-corrected chi connectivity index (χ3v) is 4.86. The first kappa shape index (κ1) is 14.9. The van der Waals surface area contributed by atoms with Gasteiger partial charge in [-0.15, -0.1) is 0 Å². The molecule has 0 bridgehead atoms. The van der Waals surface area contributed by atoms with Gasteiger partial charge in [0.1, 0.15) is 0 Å². The van der Waals surface area contributed by atoms with Crippen LogP contribution in [0.1, 0.15) is 34.8 Å². The van der Waals surface area contributed by atoms with E-state index in [0.29, 0.717) is 0 Å². The van der Waals surface area contributed by atoms with Crippen LogP contribution < -0.4 is 0 Å². The predicted molar refractivity (Wildman–Crippen MR) is 93.6 cm³/mol. The number of hydrogen-bond donors (Lipinski definition) is 0. The lowest BCUT2D eigenvalue weighted by molar-refractivity contribution is 0.0735. The first-order valence-electron chi connectivity index (χ1n) is 6.98. The number of amides is 1. The molecule has 1 saturated heterocycles. The van der Waals surface area contributed by atoms with Gasteiger partial charge in [0.2, 0.25) is 0 Å². The van der Waals surface area contributed by atoms with E-state index in [1.54, 1.807) is 0 Å². The normalized spacial score (nSPS) is 18.0. The van der Waals surface area contributed by atoms with Gasteiger partial charge >= 0.3 is 0 Å². The van der Waals surface area contributed by atoms with Gasteiger partial charge < -0.3 is 4.90 Å². The highest BCUT2D eigenvalue weighted by Gasteiger charge is 2.31. The minimum Gasteiger partial charge on any atom is -0.332 e. The van der Waals surface area contributed by atoms with Gasteiger partial charge in [0.15, 0.2) is 0 Å². The molecule has 4 heteroatoms. The molecule has 1 unspecified atom stereocenters. The van der Waals surface area contributed by atoms with Crippen molar-refractivity contribution in [3.05, 3.63) is 68.3 Å². The Hall–Kier alpha value is -1.07. The van der Waals surface area contributed by atoms with E-state index in [9.17, 15) is 4.79 Å². The van der Waals surface area contributed by atoms with Crippen LogP contribution >= 0.6 is 34.2 Å². The Morgan fingerprint density at radius 1 is 1.19 bits per heavy atom. The monoisotopic (exact) mass is 411 g/mol. The van der Waals surface area contributed by atoms with E-state index < -0.39 is 0 Å². The molecule has 1 heterocycles. The summed E-state index contributed by atoms with van der Waals surface area (Å²) in [5, 5.41) is 0.741. The zero-order valence-electron chi connectivity index (χ0n) is 11.4. The van der Waals surface area contributed by atoms with Crippen molar-refractivity contribution in [3.63, 3.8) is 0 Å². The molecular formula is C17H15ClINO. The quantitative estimate of drug-likeness (QED) is 0.642. The van der Waals surface area contributed by atoms with E-state index in [1.165, 1.54) is 0 Å². The van der Waals surface area contributed by atoms with E-state index in [0.717, 1.165) is 39.1 Å². The van der Waals surface area contributed by atoms with Gasteiger partial charge in [-0.25, -0.2) is 0 Å². The topological polar surface area (TPSA) is 20.3 Å². The molecule has 0 saturated carbocycles. The van der Waals surface area contributed by atoms with Gasteiger partial charge in [-0.05, 0) is 65.3 Å². The molecule has 21 heavy (non-hydrogen) atoms. The number of halogens is 2. The standard InChI is InChI=1S/C17H15ClINO/c18-15-8-2-1-7-14(15)16-9-4-10-20(16)17(21)12-5-3-6-13(19)11-12/h1-3,5-8,11,16H,4,9-10H2. The molecule has 0 radical (unpaired) electrons. The summed E-state index contributed by atoms with van der Waals surface area (Å²) < 4.78 is 1.08. The van der Waals surface area contributed by atoms with Crippen LogP contribution in [0.3, 0.4) is 0 Å². The zero-order chi connectivity index (χ0) is 14.8. The number of rotatable bonds is 2. The summed E-state index contributed by atoms with van der Waals surface area (Å²) in [5.74, 6) is 0.0935. The average Bonchev–Trinajstić information content (AvgIpc) is 2.96. The van der Waals surface area contributed by atoms with Crippen LogP contribution in [0.5, 0.6) is 0 Å². The van der Waals surface area contributed by atoms with Crippen LogP contribution in [0.2, 0.25) is 5.02 Å². The number of carbonyl (C=O) groups is 1. The molecule has 3 rings (SSSR count). The summed E-state index contributed by atoms with van der Waals surface area (Å²) in [6.07, 6.45) is 1.99. The summed E-state index contributed by atoms with van der Waals surface area (Å²) in [5.41, 5.74) is 1.80. The molecule has 0 aliphatic carbocycles. The fourth-order valence-electron chi connectivity index (χ4n) is 2.87. The Kier molecular flexibility index (Phi) is 4.50. The summed E-state index contributed by atoms with van der Waals surface area (Å²) >= 11 is 8.54. The third-order valence-electron chi connectivity index (χ3n) is 3.85. The van der Waals surface area contributed by atoms with Crippen LogP contribution in [0.4, 0.5) is 0 Å². The largest absolute Gasteiger partial charge is 0.332 e. The molecule has 1 aliphatic rings. The molecule has 1 amide bonds. The molecule has 1 aliphatic heterocycles. The van der Waals surface area contributed by atoms with Gasteiger partial charge in [0.25, 0.3) is 5.91 Å². The third kappa shape index (κ3) is 3.09. The maximum Gasteiger partial charge on any atom is 0.254 e. The van der Waals surface area contributed by atoms with Crippen LogP contribution in [0.15, 0.2) is 48.5 Å². The lowest BCUT2D eigenvalue weighted by Gasteiger charge is -2.26. The molecule has 2 nitrogen and oxygen atoms in total. The summed E-state index contributed by atoms with van der Waals surface area (Å²) in [7, 11) is 0. The first-order chi connectivity index (χ1) is 10.2. The number of likely N-dealkylation sites (tertiary alicyclic amines) is 1. The molecule has 0 spiro atoms. The summed E-state index contributed by atoms with van der Waals surface area (Å²) in [4.78, 5) is 14.7. The van der Waals surface area contributed by atoms with E-state index in [4.69, 9.17) is 11.6 Å². The summed E-state index contributed by atoms with van der Waals surface area (Å²) in [6, 6.07) is 15.6. The predicted octanol–water partition coefficient (Wildman–Crippen LogP) is 4.92. The minimum atomic E-state index is 0.0871. The summed E-state index contributed by atoms with van der Waals surface area (Å²) in [6.45, 7) is 0.792. The lowest BCUT2D eigenvalue weighted by Crippen LogP contribution is -2.30. The van der Waals surface area contributed by atoms with Gasteiger partial charge in [-0.2, -0.15) is 0 Å². The zero-order valence-corrected chi connectivity index (χ0v) is 14.3. The van der Waals surface area contributed by atoms with E-state index >= 15 is 0 Å².